The summed E-state index contributed by atoms with van der Waals surface area (Å²) in [7, 11) is 0. The number of amides is 1. The van der Waals surface area contributed by atoms with E-state index in [0.717, 1.165) is 0 Å². The zero-order valence-electron chi connectivity index (χ0n) is 21.3. The van der Waals surface area contributed by atoms with Crippen molar-refractivity contribution < 1.29 is 24.1 Å². The highest BCUT2D eigenvalue weighted by molar-refractivity contribution is 7.07. The molecule has 0 radical (unpaired) electrons. The Labute approximate surface area is 238 Å². The Morgan fingerprint density at radius 1 is 1.23 bits per heavy atom. The molecular weight excluding hydrogens is 555 g/mol. The number of carbonyl (C=O) groups excluding carboxylic acids is 1. The highest BCUT2D eigenvalue weighted by atomic mass is 35.5. The van der Waals surface area contributed by atoms with E-state index in [2.05, 4.69) is 9.97 Å². The van der Waals surface area contributed by atoms with Gasteiger partial charge < -0.3 is 14.9 Å². The van der Waals surface area contributed by atoms with Crippen molar-refractivity contribution in [2.24, 2.45) is 0 Å². The average molecular weight is 579 g/mol. The molecule has 1 amide bonds. The van der Waals surface area contributed by atoms with Crippen LogP contribution in [0.25, 0.3) is 0 Å². The summed E-state index contributed by atoms with van der Waals surface area (Å²) in [5.41, 5.74) is -0.193. The Hall–Kier alpha value is -3.72. The van der Waals surface area contributed by atoms with E-state index in [9.17, 15) is 15.0 Å². The molecule has 2 atom stereocenters. The highest BCUT2D eigenvalue weighted by Crippen LogP contribution is 2.49. The van der Waals surface area contributed by atoms with E-state index in [1.54, 1.807) is 54.2 Å². The molecule has 3 heterocycles. The summed E-state index contributed by atoms with van der Waals surface area (Å²) in [6, 6.07) is 14.3. The lowest BCUT2D eigenvalue weighted by Gasteiger charge is -2.39. The number of aromatic nitrogens is 2. The molecule has 0 saturated heterocycles. The first-order valence-electron chi connectivity index (χ1n) is 12.4. The second-order valence-electron chi connectivity index (χ2n) is 9.23. The number of hydrogen-bond donors (Lipinski definition) is 2. The van der Waals surface area contributed by atoms with Crippen molar-refractivity contribution in [2.45, 2.75) is 31.2 Å². The first kappa shape index (κ1) is 27.8. The molecule has 0 aliphatic carbocycles. The van der Waals surface area contributed by atoms with Gasteiger partial charge in [-0.15, -0.1) is 11.3 Å². The summed E-state index contributed by atoms with van der Waals surface area (Å²) in [6.07, 6.45) is 1.57. The number of nitrogens with zero attached hydrogens (tertiary/aromatic N) is 4. The minimum atomic E-state index is -1.79. The van der Waals surface area contributed by atoms with Gasteiger partial charge in [0.2, 0.25) is 0 Å². The quantitative estimate of drug-likeness (QED) is 0.295. The van der Waals surface area contributed by atoms with Crippen molar-refractivity contribution in [1.29, 1.82) is 5.26 Å². The standard InChI is InChI=1S/C29H24ClFN4O4S/c1-2-28(38,25-16-40-17-34-25)20-11-23-26(24(31)12-20)29(39-10-9-36,19-4-6-21(30)7-5-19)35(27(23)37)15-22-8-3-18(13-32)14-33-22/h3-8,11-12,14,16-17,36,38H,2,9-10,15H2,1H3/t28?,29-/m1/s1. The number of aliphatic hydroxyl groups excluding tert-OH is 1. The van der Waals surface area contributed by atoms with Crippen LogP contribution in [0.5, 0.6) is 0 Å². The van der Waals surface area contributed by atoms with Crippen LogP contribution in [0.3, 0.4) is 0 Å². The molecule has 1 unspecified atom stereocenters. The summed E-state index contributed by atoms with van der Waals surface area (Å²) < 4.78 is 22.6. The van der Waals surface area contributed by atoms with Gasteiger partial charge >= 0.3 is 0 Å². The molecule has 0 fully saturated rings. The normalized spacial score (nSPS) is 17.9. The van der Waals surface area contributed by atoms with Gasteiger partial charge in [0.1, 0.15) is 17.5 Å². The third-order valence-corrected chi connectivity index (χ3v) is 7.88. The predicted molar refractivity (Wildman–Crippen MR) is 146 cm³/mol. The maximum atomic E-state index is 16.4. The Morgan fingerprint density at radius 3 is 2.60 bits per heavy atom. The summed E-state index contributed by atoms with van der Waals surface area (Å²) >= 11 is 7.45. The van der Waals surface area contributed by atoms with Gasteiger partial charge in [-0.05, 0) is 48.4 Å². The number of rotatable bonds is 9. The molecule has 2 N–H and O–H groups in total. The number of carbonyl (C=O) groups is 1. The number of nitriles is 1. The van der Waals surface area contributed by atoms with E-state index >= 15 is 4.39 Å². The molecule has 204 valence electrons. The lowest BCUT2D eigenvalue weighted by molar-refractivity contribution is -0.120. The number of halogens is 2. The van der Waals surface area contributed by atoms with Gasteiger partial charge in [-0.3, -0.25) is 14.7 Å². The maximum Gasteiger partial charge on any atom is 0.257 e. The molecule has 0 bridgehead atoms. The molecule has 1 aliphatic heterocycles. The van der Waals surface area contributed by atoms with Crippen molar-refractivity contribution in [1.82, 2.24) is 14.9 Å². The molecule has 2 aromatic carbocycles. The van der Waals surface area contributed by atoms with Crippen molar-refractivity contribution in [3.63, 3.8) is 0 Å². The second kappa shape index (κ2) is 11.0. The average Bonchev–Trinajstić information content (AvgIpc) is 3.60. The summed E-state index contributed by atoms with van der Waals surface area (Å²) in [4.78, 5) is 24.1. The molecule has 0 spiro atoms. The van der Waals surface area contributed by atoms with E-state index < -0.39 is 23.1 Å². The van der Waals surface area contributed by atoms with Gasteiger partial charge in [0.05, 0.1) is 53.3 Å². The lowest BCUT2D eigenvalue weighted by atomic mass is 9.84. The molecule has 8 nitrogen and oxygen atoms in total. The van der Waals surface area contributed by atoms with Crippen LogP contribution >= 0.6 is 22.9 Å². The number of aliphatic hydroxyl groups is 2. The van der Waals surface area contributed by atoms with Crippen molar-refractivity contribution >= 4 is 28.8 Å². The van der Waals surface area contributed by atoms with Crippen LogP contribution < -0.4 is 0 Å². The summed E-state index contributed by atoms with van der Waals surface area (Å²) in [5.74, 6) is -1.34. The fraction of sp³-hybridized carbons (Fsp3) is 0.241. The fourth-order valence-corrected chi connectivity index (χ4v) is 5.81. The first-order chi connectivity index (χ1) is 19.3. The molecule has 2 aromatic heterocycles. The van der Waals surface area contributed by atoms with Gasteiger partial charge in [-0.25, -0.2) is 9.37 Å². The molecule has 0 saturated carbocycles. The number of thiazole rings is 1. The van der Waals surface area contributed by atoms with Crippen LogP contribution in [0.2, 0.25) is 5.02 Å². The number of hydrogen-bond acceptors (Lipinski definition) is 8. The predicted octanol–water partition coefficient (Wildman–Crippen LogP) is 4.71. The van der Waals surface area contributed by atoms with Crippen LogP contribution in [-0.2, 0) is 22.6 Å². The summed E-state index contributed by atoms with van der Waals surface area (Å²) in [6.45, 7) is 1.04. The fourth-order valence-electron chi connectivity index (χ4n) is 5.06. The highest BCUT2D eigenvalue weighted by Gasteiger charge is 2.55. The number of pyridine rings is 1. The zero-order valence-corrected chi connectivity index (χ0v) is 22.9. The third kappa shape index (κ3) is 4.56. The van der Waals surface area contributed by atoms with Gasteiger partial charge in [-0.2, -0.15) is 5.26 Å². The van der Waals surface area contributed by atoms with E-state index in [1.807, 2.05) is 6.07 Å². The van der Waals surface area contributed by atoms with Gasteiger partial charge in [0.15, 0.2) is 5.72 Å². The van der Waals surface area contributed by atoms with Gasteiger partial charge in [0.25, 0.3) is 5.91 Å². The van der Waals surface area contributed by atoms with E-state index in [4.69, 9.17) is 21.6 Å². The Morgan fingerprint density at radius 2 is 2.00 bits per heavy atom. The molecule has 5 rings (SSSR count). The van der Waals surface area contributed by atoms with Crippen LogP contribution in [0.1, 0.15) is 57.3 Å². The first-order valence-corrected chi connectivity index (χ1v) is 13.7. The third-order valence-electron chi connectivity index (χ3n) is 7.04. The van der Waals surface area contributed by atoms with Crippen LogP contribution in [0.4, 0.5) is 4.39 Å². The largest absolute Gasteiger partial charge is 0.394 e. The lowest BCUT2D eigenvalue weighted by Crippen LogP contribution is -2.47. The van der Waals surface area contributed by atoms with Crippen molar-refractivity contribution in [2.75, 3.05) is 13.2 Å². The smallest absolute Gasteiger partial charge is 0.257 e. The minimum Gasteiger partial charge on any atom is -0.394 e. The van der Waals surface area contributed by atoms with Crippen LogP contribution in [-0.4, -0.2) is 44.2 Å². The van der Waals surface area contributed by atoms with Gasteiger partial charge in [-0.1, -0.05) is 30.7 Å². The monoisotopic (exact) mass is 578 g/mol. The molecule has 1 aliphatic rings. The SMILES string of the molecule is CCC(O)(c1cc(F)c2c(c1)C(=O)N(Cc1ccc(C#N)cn1)[C@@]2(OCCO)c1ccc(Cl)cc1)c1cscn1. The Balaban J connectivity index is 1.74. The number of ether oxygens (including phenoxy) is 1. The zero-order chi connectivity index (χ0) is 28.5. The number of fused-ring (bicyclic) bond motifs is 1. The molecule has 40 heavy (non-hydrogen) atoms. The number of benzene rings is 2. The van der Waals surface area contributed by atoms with E-state index in [1.165, 1.54) is 34.6 Å². The molecule has 4 aromatic rings. The molecule has 11 heteroatoms. The topological polar surface area (TPSA) is 120 Å². The second-order valence-corrected chi connectivity index (χ2v) is 10.4. The van der Waals surface area contributed by atoms with Gasteiger partial charge in [0, 0.05) is 22.2 Å². The summed E-state index contributed by atoms with van der Waals surface area (Å²) in [5, 5.41) is 32.6. The van der Waals surface area contributed by atoms with E-state index in [0.29, 0.717) is 27.5 Å². The van der Waals surface area contributed by atoms with Crippen molar-refractivity contribution in [3.05, 3.63) is 116 Å². The van der Waals surface area contributed by atoms with E-state index in [-0.39, 0.29) is 42.9 Å². The minimum absolute atomic E-state index is 0.00126. The molecular formula is C29H24ClFN4O4S. The van der Waals surface area contributed by atoms with Crippen molar-refractivity contribution in [3.8, 4) is 6.07 Å². The van der Waals surface area contributed by atoms with Crippen LogP contribution in [0.15, 0.2) is 65.6 Å². The Kier molecular flexibility index (Phi) is 7.68. The maximum absolute atomic E-state index is 16.4. The Bertz CT molecular complexity index is 1580. The van der Waals surface area contributed by atoms with Crippen LogP contribution in [0, 0.1) is 17.1 Å².